The molecule has 1 aliphatic rings. The van der Waals surface area contributed by atoms with Crippen molar-refractivity contribution in [2.24, 2.45) is 7.05 Å². The third kappa shape index (κ3) is 4.20. The van der Waals surface area contributed by atoms with Crippen LogP contribution in [0.5, 0.6) is 0 Å². The first-order valence-electron chi connectivity index (χ1n) is 8.15. The molecule has 8 heteroatoms. The Balaban J connectivity index is 1.74. The van der Waals surface area contributed by atoms with E-state index in [1.807, 2.05) is 17.7 Å². The van der Waals surface area contributed by atoms with E-state index in [0.29, 0.717) is 18.8 Å². The highest BCUT2D eigenvalue weighted by atomic mass is 19.4. The number of anilines is 1. The Hall–Kier alpha value is -2.45. The van der Waals surface area contributed by atoms with E-state index in [9.17, 15) is 18.0 Å². The summed E-state index contributed by atoms with van der Waals surface area (Å²) in [6, 6.07) is 7.88. The number of carbonyl (C=O) groups is 1. The standard InChI is InChI=1S/C18H18F3N3O2/c1-24-11-14(5-6-15(24)16-10-22-7-8-26-16)23-17(25)12-3-2-4-13(9-12)18(19,20)21/h2-6,9,11,16,22H,7-8,10H2,1H3/p+1. The minimum atomic E-state index is -4.49. The van der Waals surface area contributed by atoms with Gasteiger partial charge in [-0.05, 0) is 24.3 Å². The molecule has 138 valence electrons. The zero-order valence-electron chi connectivity index (χ0n) is 14.1. The van der Waals surface area contributed by atoms with Gasteiger partial charge in [-0.2, -0.15) is 13.2 Å². The van der Waals surface area contributed by atoms with E-state index in [2.05, 4.69) is 10.6 Å². The Morgan fingerprint density at radius 2 is 2.12 bits per heavy atom. The summed E-state index contributed by atoms with van der Waals surface area (Å²) in [4.78, 5) is 12.3. The lowest BCUT2D eigenvalue weighted by molar-refractivity contribution is -0.682. The molecule has 0 bridgehead atoms. The lowest BCUT2D eigenvalue weighted by atomic mass is 10.1. The van der Waals surface area contributed by atoms with E-state index in [-0.39, 0.29) is 11.7 Å². The molecular formula is C18H19F3N3O2+. The van der Waals surface area contributed by atoms with Crippen LogP contribution in [0.25, 0.3) is 0 Å². The predicted molar refractivity (Wildman–Crippen MR) is 88.6 cm³/mol. The number of hydrogen-bond acceptors (Lipinski definition) is 3. The SMILES string of the molecule is C[n+]1cc(NC(=O)c2cccc(C(F)(F)F)c2)ccc1C1CNCCO1. The van der Waals surface area contributed by atoms with Crippen molar-refractivity contribution >= 4 is 11.6 Å². The van der Waals surface area contributed by atoms with Crippen LogP contribution in [0.2, 0.25) is 0 Å². The van der Waals surface area contributed by atoms with Crippen LogP contribution in [0.3, 0.4) is 0 Å². The number of aryl methyl sites for hydroxylation is 1. The lowest BCUT2D eigenvalue weighted by Gasteiger charge is -2.21. The number of amides is 1. The van der Waals surface area contributed by atoms with Crippen LogP contribution < -0.4 is 15.2 Å². The molecule has 1 unspecified atom stereocenters. The third-order valence-electron chi connectivity index (χ3n) is 4.14. The first kappa shape index (κ1) is 18.3. The number of morpholine rings is 1. The van der Waals surface area contributed by atoms with Gasteiger partial charge >= 0.3 is 6.18 Å². The van der Waals surface area contributed by atoms with Crippen molar-refractivity contribution in [1.29, 1.82) is 0 Å². The Morgan fingerprint density at radius 3 is 2.77 bits per heavy atom. The quantitative estimate of drug-likeness (QED) is 0.821. The maximum Gasteiger partial charge on any atom is 0.416 e. The summed E-state index contributed by atoms with van der Waals surface area (Å²) in [5.41, 5.74) is 0.524. The van der Waals surface area contributed by atoms with Crippen LogP contribution in [-0.2, 0) is 18.0 Å². The molecule has 2 N–H and O–H groups in total. The lowest BCUT2D eigenvalue weighted by Crippen LogP contribution is -2.42. The van der Waals surface area contributed by atoms with Crippen LogP contribution in [0.4, 0.5) is 18.9 Å². The summed E-state index contributed by atoms with van der Waals surface area (Å²) in [5, 5.41) is 5.87. The molecular weight excluding hydrogens is 347 g/mol. The smallest absolute Gasteiger partial charge is 0.365 e. The number of halogens is 3. The van der Waals surface area contributed by atoms with Gasteiger partial charge in [-0.3, -0.25) is 4.79 Å². The van der Waals surface area contributed by atoms with Gasteiger partial charge in [-0.25, -0.2) is 4.57 Å². The molecule has 26 heavy (non-hydrogen) atoms. The zero-order valence-corrected chi connectivity index (χ0v) is 14.1. The monoisotopic (exact) mass is 366 g/mol. The van der Waals surface area contributed by atoms with Crippen molar-refractivity contribution in [1.82, 2.24) is 5.32 Å². The summed E-state index contributed by atoms with van der Waals surface area (Å²) in [6.45, 7) is 2.13. The Labute approximate surface area is 148 Å². The molecule has 2 aromatic rings. The number of rotatable bonds is 3. The number of nitrogens with one attached hydrogen (secondary N) is 2. The van der Waals surface area contributed by atoms with Crippen LogP contribution in [-0.4, -0.2) is 25.6 Å². The molecule has 1 saturated heterocycles. The van der Waals surface area contributed by atoms with Crippen molar-refractivity contribution in [2.45, 2.75) is 12.3 Å². The van der Waals surface area contributed by atoms with Crippen LogP contribution in [0.1, 0.15) is 27.7 Å². The largest absolute Gasteiger partial charge is 0.416 e. The van der Waals surface area contributed by atoms with Gasteiger partial charge in [-0.15, -0.1) is 0 Å². The van der Waals surface area contributed by atoms with E-state index in [4.69, 9.17) is 4.74 Å². The fourth-order valence-corrected chi connectivity index (χ4v) is 2.82. The van der Waals surface area contributed by atoms with Gasteiger partial charge in [0.1, 0.15) is 12.7 Å². The molecule has 1 fully saturated rings. The van der Waals surface area contributed by atoms with Gasteiger partial charge in [-0.1, -0.05) is 6.07 Å². The second kappa shape index (κ2) is 7.43. The van der Waals surface area contributed by atoms with Gasteiger partial charge in [0, 0.05) is 24.7 Å². The molecule has 0 saturated carbocycles. The maximum atomic E-state index is 12.8. The van der Waals surface area contributed by atoms with Gasteiger partial charge in [0.2, 0.25) is 5.69 Å². The average Bonchev–Trinajstić information content (AvgIpc) is 2.62. The van der Waals surface area contributed by atoms with Gasteiger partial charge in [0.25, 0.3) is 5.91 Å². The molecule has 1 amide bonds. The van der Waals surface area contributed by atoms with Crippen molar-refractivity contribution in [3.63, 3.8) is 0 Å². The van der Waals surface area contributed by atoms with Crippen molar-refractivity contribution < 1.29 is 27.3 Å². The minimum Gasteiger partial charge on any atom is -0.365 e. The Morgan fingerprint density at radius 1 is 1.31 bits per heavy atom. The molecule has 5 nitrogen and oxygen atoms in total. The van der Waals surface area contributed by atoms with E-state index in [1.54, 1.807) is 12.3 Å². The molecule has 3 rings (SSSR count). The first-order valence-corrected chi connectivity index (χ1v) is 8.15. The van der Waals surface area contributed by atoms with E-state index in [0.717, 1.165) is 24.4 Å². The molecule has 0 aliphatic carbocycles. The summed E-state index contributed by atoms with van der Waals surface area (Å²) in [5.74, 6) is -0.598. The third-order valence-corrected chi connectivity index (χ3v) is 4.14. The number of alkyl halides is 3. The molecule has 0 radical (unpaired) electrons. The molecule has 0 spiro atoms. The number of hydrogen-bond donors (Lipinski definition) is 2. The first-order chi connectivity index (χ1) is 12.3. The normalized spacial score (nSPS) is 17.8. The highest BCUT2D eigenvalue weighted by Gasteiger charge is 2.31. The highest BCUT2D eigenvalue weighted by molar-refractivity contribution is 6.04. The topological polar surface area (TPSA) is 54.2 Å². The predicted octanol–water partition coefficient (Wildman–Crippen LogP) is 2.44. The Kier molecular flexibility index (Phi) is 5.24. The van der Waals surface area contributed by atoms with Gasteiger partial charge < -0.3 is 15.4 Å². The molecule has 2 heterocycles. The summed E-state index contributed by atoms with van der Waals surface area (Å²) < 4.78 is 45.9. The highest BCUT2D eigenvalue weighted by Crippen LogP contribution is 2.29. The van der Waals surface area contributed by atoms with E-state index >= 15 is 0 Å². The average molecular weight is 366 g/mol. The number of carbonyl (C=O) groups excluding carboxylic acids is 1. The molecule has 1 aromatic carbocycles. The van der Waals surface area contributed by atoms with Crippen LogP contribution in [0, 0.1) is 0 Å². The summed E-state index contributed by atoms with van der Waals surface area (Å²) >= 11 is 0. The van der Waals surface area contributed by atoms with Gasteiger partial charge in [0.05, 0.1) is 12.2 Å². The van der Waals surface area contributed by atoms with Crippen molar-refractivity contribution in [3.05, 3.63) is 59.4 Å². The molecule has 1 aromatic heterocycles. The number of benzene rings is 1. The zero-order chi connectivity index (χ0) is 18.7. The minimum absolute atomic E-state index is 0.0497. The van der Waals surface area contributed by atoms with E-state index in [1.165, 1.54) is 12.1 Å². The summed E-state index contributed by atoms with van der Waals surface area (Å²) in [7, 11) is 1.83. The maximum absolute atomic E-state index is 12.8. The Bertz CT molecular complexity index is 803. The van der Waals surface area contributed by atoms with Crippen LogP contribution >= 0.6 is 0 Å². The van der Waals surface area contributed by atoms with Crippen molar-refractivity contribution in [3.8, 4) is 0 Å². The number of pyridine rings is 1. The second-order valence-electron chi connectivity index (χ2n) is 6.05. The number of ether oxygens (including phenoxy) is 1. The van der Waals surface area contributed by atoms with Gasteiger partial charge in [0.15, 0.2) is 12.3 Å². The fraction of sp³-hybridized carbons (Fsp3) is 0.333. The summed E-state index contributed by atoms with van der Waals surface area (Å²) in [6.07, 6.45) is -2.86. The van der Waals surface area contributed by atoms with E-state index < -0.39 is 17.6 Å². The number of aromatic nitrogens is 1. The number of nitrogens with zero attached hydrogens (tertiary/aromatic N) is 1. The fourth-order valence-electron chi connectivity index (χ4n) is 2.82. The second-order valence-corrected chi connectivity index (χ2v) is 6.05. The molecule has 1 aliphatic heterocycles. The van der Waals surface area contributed by atoms with Crippen molar-refractivity contribution in [2.75, 3.05) is 25.0 Å². The van der Waals surface area contributed by atoms with Crippen LogP contribution in [0.15, 0.2) is 42.6 Å². The molecule has 1 atom stereocenters.